The molecule has 1 aromatic carbocycles. The van der Waals surface area contributed by atoms with E-state index in [1.807, 2.05) is 6.07 Å². The number of hydrogen-bond acceptors (Lipinski definition) is 3. The fraction of sp³-hybridized carbons (Fsp3) is 0.125. The summed E-state index contributed by atoms with van der Waals surface area (Å²) in [5.74, 6) is 1.28. The zero-order chi connectivity index (χ0) is 7.68. The molecule has 0 bridgehead atoms. The van der Waals surface area contributed by atoms with Crippen LogP contribution in [0.3, 0.4) is 0 Å². The molecule has 1 aliphatic heterocycles. The Hall–Kier alpha value is -1.69. The second kappa shape index (κ2) is 2.17. The lowest BCUT2D eigenvalue weighted by Gasteiger charge is -1.92. The van der Waals surface area contributed by atoms with E-state index in [-0.39, 0.29) is 6.79 Å². The number of benzene rings is 1. The monoisotopic (exact) mass is 146 g/mol. The molecule has 0 saturated heterocycles. The predicted octanol–water partition coefficient (Wildman–Crippen LogP) is 1.09. The van der Waals surface area contributed by atoms with Crippen molar-refractivity contribution in [1.82, 2.24) is 0 Å². The molecular formula is C8H4NO2. The molecule has 11 heavy (non-hydrogen) atoms. The van der Waals surface area contributed by atoms with E-state index in [0.717, 1.165) is 0 Å². The third-order valence-electron chi connectivity index (χ3n) is 1.43. The van der Waals surface area contributed by atoms with Crippen LogP contribution < -0.4 is 9.47 Å². The summed E-state index contributed by atoms with van der Waals surface area (Å²) in [7, 11) is 0. The van der Waals surface area contributed by atoms with Gasteiger partial charge >= 0.3 is 0 Å². The molecule has 3 heteroatoms. The predicted molar refractivity (Wildman–Crippen MR) is 36.1 cm³/mol. The molecule has 0 spiro atoms. The zero-order valence-electron chi connectivity index (χ0n) is 5.63. The first kappa shape index (κ1) is 6.05. The number of fused-ring (bicyclic) bond motifs is 1. The molecule has 3 nitrogen and oxygen atoms in total. The first-order chi connectivity index (χ1) is 5.40. The molecule has 53 valence electrons. The maximum atomic E-state index is 8.49. The van der Waals surface area contributed by atoms with Gasteiger partial charge in [-0.1, -0.05) is 0 Å². The number of rotatable bonds is 0. The third kappa shape index (κ3) is 0.887. The molecule has 1 aliphatic rings. The average molecular weight is 146 g/mol. The maximum Gasteiger partial charge on any atom is 0.231 e. The first-order valence-corrected chi connectivity index (χ1v) is 3.11. The van der Waals surface area contributed by atoms with Gasteiger partial charge in [-0.15, -0.1) is 0 Å². The average Bonchev–Trinajstić information content (AvgIpc) is 2.50. The number of hydrogen-bond donors (Lipinski definition) is 0. The Morgan fingerprint density at radius 3 is 3.09 bits per heavy atom. The summed E-state index contributed by atoms with van der Waals surface area (Å²) in [5.41, 5.74) is 0.467. The van der Waals surface area contributed by atoms with Crippen molar-refractivity contribution < 1.29 is 9.47 Å². The van der Waals surface area contributed by atoms with Gasteiger partial charge in [-0.3, -0.25) is 0 Å². The summed E-state index contributed by atoms with van der Waals surface area (Å²) >= 11 is 0. The number of nitrogens with zero attached hydrogens (tertiary/aromatic N) is 1. The van der Waals surface area contributed by atoms with Crippen molar-refractivity contribution in [3.8, 4) is 17.6 Å². The summed E-state index contributed by atoms with van der Waals surface area (Å²) < 4.78 is 10.1. The van der Waals surface area contributed by atoms with E-state index < -0.39 is 0 Å². The second-order valence-electron chi connectivity index (χ2n) is 2.09. The Bertz CT molecular complexity index is 327. The van der Waals surface area contributed by atoms with Gasteiger partial charge in [0.05, 0.1) is 11.6 Å². The normalized spacial score (nSPS) is 12.6. The molecule has 0 unspecified atom stereocenters. The van der Waals surface area contributed by atoms with Gasteiger partial charge in [0.2, 0.25) is 6.79 Å². The topological polar surface area (TPSA) is 42.2 Å². The molecule has 0 aliphatic carbocycles. The summed E-state index contributed by atoms with van der Waals surface area (Å²) in [6.07, 6.45) is 0. The van der Waals surface area contributed by atoms with Crippen LogP contribution in [0.25, 0.3) is 0 Å². The minimum Gasteiger partial charge on any atom is -0.454 e. The third-order valence-corrected chi connectivity index (χ3v) is 1.43. The number of nitriles is 1. The van der Waals surface area contributed by atoms with Gasteiger partial charge < -0.3 is 9.47 Å². The highest BCUT2D eigenvalue weighted by molar-refractivity contribution is 5.47. The van der Waals surface area contributed by atoms with Crippen molar-refractivity contribution in [2.24, 2.45) is 0 Å². The maximum absolute atomic E-state index is 8.49. The van der Waals surface area contributed by atoms with Crippen LogP contribution >= 0.6 is 0 Å². The highest BCUT2D eigenvalue weighted by atomic mass is 16.7. The van der Waals surface area contributed by atoms with Gasteiger partial charge in [-0.05, 0) is 6.07 Å². The summed E-state index contributed by atoms with van der Waals surface area (Å²) in [5, 5.41) is 8.49. The van der Waals surface area contributed by atoms with Gasteiger partial charge in [-0.25, -0.2) is 0 Å². The van der Waals surface area contributed by atoms with E-state index in [2.05, 4.69) is 6.07 Å². The van der Waals surface area contributed by atoms with Gasteiger partial charge in [0.15, 0.2) is 11.5 Å². The van der Waals surface area contributed by atoms with Crippen molar-refractivity contribution in [3.63, 3.8) is 0 Å². The van der Waals surface area contributed by atoms with Crippen LogP contribution in [0.2, 0.25) is 0 Å². The Morgan fingerprint density at radius 1 is 1.45 bits per heavy atom. The molecule has 0 aromatic heterocycles. The lowest BCUT2D eigenvalue weighted by Crippen LogP contribution is -1.92. The van der Waals surface area contributed by atoms with E-state index in [4.69, 9.17) is 14.7 Å². The van der Waals surface area contributed by atoms with E-state index in [0.29, 0.717) is 17.1 Å². The van der Waals surface area contributed by atoms with Crippen molar-refractivity contribution in [3.05, 3.63) is 23.8 Å². The summed E-state index contributed by atoms with van der Waals surface area (Å²) in [6, 6.07) is 7.94. The largest absolute Gasteiger partial charge is 0.454 e. The van der Waals surface area contributed by atoms with Crippen molar-refractivity contribution >= 4 is 0 Å². The minimum absolute atomic E-state index is 0.234. The van der Waals surface area contributed by atoms with E-state index in [9.17, 15) is 0 Å². The minimum atomic E-state index is 0.234. The van der Waals surface area contributed by atoms with Crippen LogP contribution in [0.15, 0.2) is 12.1 Å². The molecule has 1 aromatic rings. The van der Waals surface area contributed by atoms with Crippen molar-refractivity contribution in [1.29, 1.82) is 5.26 Å². The standard InChI is InChI=1S/C8H4NO2/c9-4-6-1-2-7-8(3-6)11-5-10-7/h2-3H,5H2. The Balaban J connectivity index is 2.51. The Labute approximate surface area is 63.8 Å². The molecule has 0 saturated carbocycles. The molecule has 0 fully saturated rings. The van der Waals surface area contributed by atoms with Gasteiger partial charge in [-0.2, -0.15) is 5.26 Å². The summed E-state index contributed by atoms with van der Waals surface area (Å²) in [4.78, 5) is 0. The fourth-order valence-electron chi connectivity index (χ4n) is 0.905. The fourth-order valence-corrected chi connectivity index (χ4v) is 0.905. The molecule has 0 N–H and O–H groups in total. The second-order valence-corrected chi connectivity index (χ2v) is 2.09. The molecule has 2 rings (SSSR count). The molecule has 1 radical (unpaired) electrons. The van der Waals surface area contributed by atoms with E-state index >= 15 is 0 Å². The van der Waals surface area contributed by atoms with E-state index in [1.54, 1.807) is 12.1 Å². The zero-order valence-corrected chi connectivity index (χ0v) is 5.63. The molecule has 0 atom stereocenters. The van der Waals surface area contributed by atoms with Crippen LogP contribution in [0.4, 0.5) is 0 Å². The van der Waals surface area contributed by atoms with Gasteiger partial charge in [0.1, 0.15) is 0 Å². The Kier molecular flexibility index (Phi) is 1.19. The van der Waals surface area contributed by atoms with E-state index in [1.165, 1.54) is 0 Å². The van der Waals surface area contributed by atoms with Crippen LogP contribution in [0, 0.1) is 17.4 Å². The summed E-state index contributed by atoms with van der Waals surface area (Å²) in [6.45, 7) is 0.234. The molecule has 1 heterocycles. The van der Waals surface area contributed by atoms with Crippen molar-refractivity contribution in [2.75, 3.05) is 6.79 Å². The lowest BCUT2D eigenvalue weighted by atomic mass is 10.2. The van der Waals surface area contributed by atoms with Gasteiger partial charge in [0.25, 0.3) is 0 Å². The molecule has 0 amide bonds. The number of ether oxygens (including phenoxy) is 2. The lowest BCUT2D eigenvalue weighted by molar-refractivity contribution is 0.174. The van der Waals surface area contributed by atoms with Gasteiger partial charge in [0, 0.05) is 12.1 Å². The molecular weight excluding hydrogens is 142 g/mol. The quantitative estimate of drug-likeness (QED) is 0.550. The highest BCUT2D eigenvalue weighted by Gasteiger charge is 2.12. The van der Waals surface area contributed by atoms with Crippen LogP contribution in [-0.4, -0.2) is 6.79 Å². The van der Waals surface area contributed by atoms with Crippen LogP contribution in [-0.2, 0) is 0 Å². The van der Waals surface area contributed by atoms with Crippen molar-refractivity contribution in [2.45, 2.75) is 0 Å². The first-order valence-electron chi connectivity index (χ1n) is 3.11. The van der Waals surface area contributed by atoms with Crippen LogP contribution in [0.5, 0.6) is 11.5 Å². The Morgan fingerprint density at radius 2 is 2.27 bits per heavy atom. The smallest absolute Gasteiger partial charge is 0.231 e. The van der Waals surface area contributed by atoms with Crippen LogP contribution in [0.1, 0.15) is 5.56 Å². The SMILES string of the molecule is N#Cc1[c]cc2c(c1)OCO2. The highest BCUT2D eigenvalue weighted by Crippen LogP contribution is 2.31.